The van der Waals surface area contributed by atoms with Gasteiger partial charge in [0.25, 0.3) is 0 Å². The molecule has 0 amide bonds. The molecule has 10 aromatic rings. The van der Waals surface area contributed by atoms with Gasteiger partial charge in [0.15, 0.2) is 0 Å². The highest BCUT2D eigenvalue weighted by atomic mass is 15.1. The van der Waals surface area contributed by atoms with Gasteiger partial charge in [-0.2, -0.15) is 0 Å². The van der Waals surface area contributed by atoms with Crippen LogP contribution < -0.4 is 4.90 Å². The Bertz CT molecular complexity index is 3470. The van der Waals surface area contributed by atoms with Gasteiger partial charge < -0.3 is 9.47 Å². The number of benzene rings is 9. The number of hydrogen-bond donors (Lipinski definition) is 0. The van der Waals surface area contributed by atoms with Crippen molar-refractivity contribution in [1.29, 1.82) is 0 Å². The van der Waals surface area contributed by atoms with Crippen LogP contribution in [-0.2, 0) is 10.8 Å². The van der Waals surface area contributed by atoms with Crippen molar-refractivity contribution in [3.8, 4) is 39.1 Å². The minimum absolute atomic E-state index is 0.0881. The normalized spacial score (nSPS) is 14.4. The molecule has 2 nitrogen and oxygen atoms in total. The molecule has 0 N–H and O–H groups in total. The molecule has 1 aromatic heterocycles. The third-order valence-corrected chi connectivity index (χ3v) is 14.5. The Morgan fingerprint density at radius 1 is 0.387 bits per heavy atom. The smallest absolute Gasteiger partial charge is 0.0754 e. The molecule has 0 saturated heterocycles. The molecule has 0 saturated carbocycles. The predicted molar refractivity (Wildman–Crippen MR) is 259 cm³/mol. The van der Waals surface area contributed by atoms with Crippen LogP contribution in [0.15, 0.2) is 194 Å². The molecule has 1 spiro atoms. The largest absolute Gasteiger partial charge is 0.310 e. The van der Waals surface area contributed by atoms with E-state index in [0.29, 0.717) is 0 Å². The molecule has 62 heavy (non-hydrogen) atoms. The summed E-state index contributed by atoms with van der Waals surface area (Å²) in [5.41, 5.74) is 25.1. The fourth-order valence-corrected chi connectivity index (χ4v) is 11.8. The Morgan fingerprint density at radius 3 is 1.69 bits per heavy atom. The average molecular weight is 793 g/mol. The Labute approximate surface area is 363 Å². The number of aromatic nitrogens is 1. The first-order valence-corrected chi connectivity index (χ1v) is 21.9. The van der Waals surface area contributed by atoms with Crippen LogP contribution in [-0.4, -0.2) is 4.57 Å². The van der Waals surface area contributed by atoms with Gasteiger partial charge in [-0.25, -0.2) is 0 Å². The zero-order valence-corrected chi connectivity index (χ0v) is 35.4. The summed E-state index contributed by atoms with van der Waals surface area (Å²) in [4.78, 5) is 2.40. The van der Waals surface area contributed by atoms with Crippen molar-refractivity contribution in [2.45, 2.75) is 38.5 Å². The SMILES string of the molecule is Cc1ccc2c(c1)c1cc(C)cc3c1n2-c1ccc(-c2ccc(N(c4ccccc4)c4ccc5c(c4)C(C)(C)c4ccccc4-5)cc2)cc1C31c2ccccc2-c2ccccc21. The maximum atomic E-state index is 2.56. The molecule has 294 valence electrons. The lowest BCUT2D eigenvalue weighted by molar-refractivity contribution is 0.660. The molecule has 2 heterocycles. The van der Waals surface area contributed by atoms with Crippen LogP contribution in [0.25, 0.3) is 60.9 Å². The fourth-order valence-electron chi connectivity index (χ4n) is 11.8. The van der Waals surface area contributed by atoms with E-state index in [0.717, 1.165) is 17.1 Å². The molecule has 0 unspecified atom stereocenters. The van der Waals surface area contributed by atoms with E-state index in [-0.39, 0.29) is 5.41 Å². The highest BCUT2D eigenvalue weighted by Crippen LogP contribution is 2.61. The van der Waals surface area contributed by atoms with E-state index >= 15 is 0 Å². The first kappa shape index (κ1) is 35.3. The molecule has 2 aliphatic carbocycles. The lowest BCUT2D eigenvalue weighted by Gasteiger charge is -2.40. The summed E-state index contributed by atoms with van der Waals surface area (Å²) in [5, 5.41) is 2.64. The molecule has 2 heteroatoms. The maximum absolute atomic E-state index is 2.56. The standard InChI is InChI=1S/C60H44N2/c1-37-22-30-56-48(32-37)49-33-38(2)34-55-58(49)62(56)57-31-25-40(35-54(57)60(55)51-20-12-9-17-45(51)46-18-10-13-21-52(46)60)39-23-26-42(27-24-39)61(41-14-6-5-7-15-41)43-28-29-47-44-16-8-11-19-50(44)59(3,4)53(47)36-43/h5-36H,1-4H3. The van der Waals surface area contributed by atoms with Crippen LogP contribution in [0, 0.1) is 13.8 Å². The second-order valence-corrected chi connectivity index (χ2v) is 18.3. The molecule has 0 radical (unpaired) electrons. The predicted octanol–water partition coefficient (Wildman–Crippen LogP) is 15.5. The Hall–Kier alpha value is -7.42. The first-order valence-electron chi connectivity index (χ1n) is 21.9. The number of fused-ring (bicyclic) bond motifs is 15. The maximum Gasteiger partial charge on any atom is 0.0754 e. The van der Waals surface area contributed by atoms with Crippen LogP contribution in [0.5, 0.6) is 0 Å². The molecular formula is C60H44N2. The van der Waals surface area contributed by atoms with Gasteiger partial charge >= 0.3 is 0 Å². The highest BCUT2D eigenvalue weighted by molar-refractivity contribution is 6.13. The Kier molecular flexibility index (Phi) is 7.16. The van der Waals surface area contributed by atoms with Gasteiger partial charge in [-0.3, -0.25) is 0 Å². The van der Waals surface area contributed by atoms with Gasteiger partial charge in [-0.1, -0.05) is 152 Å². The summed E-state index contributed by atoms with van der Waals surface area (Å²) in [7, 11) is 0. The Morgan fingerprint density at radius 2 is 0.968 bits per heavy atom. The van der Waals surface area contributed by atoms with E-state index in [4.69, 9.17) is 0 Å². The zero-order valence-electron chi connectivity index (χ0n) is 35.4. The monoisotopic (exact) mass is 792 g/mol. The average Bonchev–Trinajstić information content (AvgIpc) is 3.87. The summed E-state index contributed by atoms with van der Waals surface area (Å²) in [6.45, 7) is 9.19. The summed E-state index contributed by atoms with van der Waals surface area (Å²) >= 11 is 0. The summed E-state index contributed by atoms with van der Waals surface area (Å²) < 4.78 is 2.56. The van der Waals surface area contributed by atoms with Crippen molar-refractivity contribution in [1.82, 2.24) is 4.57 Å². The zero-order chi connectivity index (χ0) is 41.5. The van der Waals surface area contributed by atoms with Gasteiger partial charge in [-0.15, -0.1) is 0 Å². The van der Waals surface area contributed by atoms with Crippen molar-refractivity contribution < 1.29 is 0 Å². The minimum atomic E-state index is -0.493. The molecular weight excluding hydrogens is 749 g/mol. The van der Waals surface area contributed by atoms with E-state index in [2.05, 4.69) is 231 Å². The van der Waals surface area contributed by atoms with Crippen molar-refractivity contribution in [3.63, 3.8) is 0 Å². The Balaban J connectivity index is 1.01. The number of anilines is 3. The van der Waals surface area contributed by atoms with E-state index < -0.39 is 5.41 Å². The van der Waals surface area contributed by atoms with Gasteiger partial charge in [0.2, 0.25) is 0 Å². The van der Waals surface area contributed by atoms with Crippen molar-refractivity contribution in [2.24, 2.45) is 0 Å². The quantitative estimate of drug-likeness (QED) is 0.172. The van der Waals surface area contributed by atoms with Crippen LogP contribution in [0.3, 0.4) is 0 Å². The van der Waals surface area contributed by atoms with Gasteiger partial charge in [-0.05, 0) is 147 Å². The summed E-state index contributed by atoms with van der Waals surface area (Å²) in [6, 6.07) is 73.3. The lowest BCUT2D eigenvalue weighted by Crippen LogP contribution is -2.33. The number of hydrogen-bond acceptors (Lipinski definition) is 1. The number of para-hydroxylation sites is 1. The fraction of sp³-hybridized carbons (Fsp3) is 0.100. The first-order chi connectivity index (χ1) is 30.3. The molecule has 9 aromatic carbocycles. The van der Waals surface area contributed by atoms with E-state index in [9.17, 15) is 0 Å². The second-order valence-electron chi connectivity index (χ2n) is 18.3. The molecule has 0 fully saturated rings. The number of aryl methyl sites for hydroxylation is 2. The van der Waals surface area contributed by atoms with Crippen molar-refractivity contribution >= 4 is 38.9 Å². The van der Waals surface area contributed by atoms with Crippen molar-refractivity contribution in [2.75, 3.05) is 4.90 Å². The highest BCUT2D eigenvalue weighted by Gasteiger charge is 2.51. The summed E-state index contributed by atoms with van der Waals surface area (Å²) in [5.74, 6) is 0. The molecule has 3 aliphatic rings. The minimum Gasteiger partial charge on any atom is -0.310 e. The van der Waals surface area contributed by atoms with Crippen molar-refractivity contribution in [3.05, 3.63) is 239 Å². The van der Waals surface area contributed by atoms with E-state index in [1.54, 1.807) is 0 Å². The third-order valence-electron chi connectivity index (χ3n) is 14.5. The van der Waals surface area contributed by atoms with Crippen LogP contribution in [0.2, 0.25) is 0 Å². The lowest BCUT2D eigenvalue weighted by atomic mass is 9.65. The van der Waals surface area contributed by atoms with Gasteiger partial charge in [0.05, 0.1) is 22.1 Å². The topological polar surface area (TPSA) is 8.17 Å². The number of nitrogens with zero attached hydrogens (tertiary/aromatic N) is 2. The van der Waals surface area contributed by atoms with Gasteiger partial charge in [0.1, 0.15) is 0 Å². The molecule has 13 rings (SSSR count). The summed E-state index contributed by atoms with van der Waals surface area (Å²) in [6.07, 6.45) is 0. The van der Waals surface area contributed by atoms with Crippen LogP contribution in [0.1, 0.15) is 58.4 Å². The molecule has 0 atom stereocenters. The van der Waals surface area contributed by atoms with Gasteiger partial charge in [0, 0.05) is 33.2 Å². The van der Waals surface area contributed by atoms with Crippen LogP contribution >= 0.6 is 0 Å². The van der Waals surface area contributed by atoms with E-state index in [1.807, 2.05) is 0 Å². The van der Waals surface area contributed by atoms with E-state index in [1.165, 1.54) is 105 Å². The molecule has 0 bridgehead atoms. The second kappa shape index (κ2) is 12.6. The number of rotatable bonds is 4. The third kappa shape index (κ3) is 4.59. The molecule has 1 aliphatic heterocycles. The van der Waals surface area contributed by atoms with Crippen LogP contribution in [0.4, 0.5) is 17.1 Å².